The first-order chi connectivity index (χ1) is 11.0. The summed E-state index contributed by atoms with van der Waals surface area (Å²) in [6, 6.07) is 4.98. The van der Waals surface area contributed by atoms with Crippen LogP contribution in [0.25, 0.3) is 11.0 Å². The summed E-state index contributed by atoms with van der Waals surface area (Å²) < 4.78 is 6.90. The highest BCUT2D eigenvalue weighted by atomic mass is 16.3. The van der Waals surface area contributed by atoms with Crippen LogP contribution in [0.1, 0.15) is 33.5 Å². The van der Waals surface area contributed by atoms with Gasteiger partial charge in [-0.2, -0.15) is 0 Å². The molecule has 0 aliphatic heterocycles. The Kier molecular flexibility index (Phi) is 3.57. The molecule has 0 fully saturated rings. The number of aryl methyl sites for hydroxylation is 2. The zero-order valence-electron chi connectivity index (χ0n) is 12.7. The van der Waals surface area contributed by atoms with Crippen molar-refractivity contribution in [3.63, 3.8) is 0 Å². The normalized spacial score (nSPS) is 10.9. The topological polar surface area (TPSA) is 116 Å². The zero-order valence-corrected chi connectivity index (χ0v) is 12.7. The number of imidazole rings is 1. The van der Waals surface area contributed by atoms with Gasteiger partial charge in [-0.05, 0) is 32.0 Å². The minimum Gasteiger partial charge on any atom is -0.438 e. The first-order valence-corrected chi connectivity index (χ1v) is 7.02. The second kappa shape index (κ2) is 5.56. The Balaban J connectivity index is 2.01. The van der Waals surface area contributed by atoms with Crippen LogP contribution < -0.4 is 11.1 Å². The fraction of sp³-hybridized carbons (Fsp3) is 0.200. The summed E-state index contributed by atoms with van der Waals surface area (Å²) in [6.07, 6.45) is 1.21. The SMILES string of the molecule is CCn1c(NC(=O)c2ocnc2C)nc2cc(C(N)=O)ccc21. The third-order valence-corrected chi connectivity index (χ3v) is 3.53. The van der Waals surface area contributed by atoms with E-state index in [0.29, 0.717) is 29.3 Å². The van der Waals surface area contributed by atoms with Gasteiger partial charge in [-0.1, -0.05) is 0 Å². The monoisotopic (exact) mass is 313 g/mol. The van der Waals surface area contributed by atoms with Crippen LogP contribution in [0, 0.1) is 6.92 Å². The summed E-state index contributed by atoms with van der Waals surface area (Å²) in [5.41, 5.74) is 7.51. The van der Waals surface area contributed by atoms with Gasteiger partial charge in [0.2, 0.25) is 17.6 Å². The molecule has 3 aromatic rings. The number of nitrogens with two attached hydrogens (primary N) is 1. The predicted octanol–water partition coefficient (Wildman–Crippen LogP) is 1.70. The van der Waals surface area contributed by atoms with Crippen LogP contribution in [0.4, 0.5) is 5.95 Å². The summed E-state index contributed by atoms with van der Waals surface area (Å²) in [4.78, 5) is 31.8. The Morgan fingerprint density at radius 1 is 1.39 bits per heavy atom. The number of carbonyl (C=O) groups excluding carboxylic acids is 2. The molecular weight excluding hydrogens is 298 g/mol. The van der Waals surface area contributed by atoms with Crippen LogP contribution in [0.15, 0.2) is 29.0 Å². The molecule has 0 bridgehead atoms. The van der Waals surface area contributed by atoms with Gasteiger partial charge in [0.15, 0.2) is 6.39 Å². The lowest BCUT2D eigenvalue weighted by molar-refractivity contribution is 0.0989. The van der Waals surface area contributed by atoms with Crippen molar-refractivity contribution >= 4 is 28.8 Å². The van der Waals surface area contributed by atoms with Crippen LogP contribution in [-0.2, 0) is 6.54 Å². The smallest absolute Gasteiger partial charge is 0.295 e. The number of nitrogens with zero attached hydrogens (tertiary/aromatic N) is 3. The average molecular weight is 313 g/mol. The van der Waals surface area contributed by atoms with Gasteiger partial charge in [0.05, 0.1) is 16.7 Å². The highest BCUT2D eigenvalue weighted by molar-refractivity contribution is 6.03. The molecule has 0 aliphatic rings. The molecule has 8 heteroatoms. The van der Waals surface area contributed by atoms with E-state index in [1.54, 1.807) is 25.1 Å². The standard InChI is InChI=1S/C15H15N5O3/c1-3-20-11-5-4-9(13(16)21)6-10(11)18-15(20)19-14(22)12-8(2)17-7-23-12/h4-7H,3H2,1-2H3,(H2,16,21)(H,18,19,22). The van der Waals surface area contributed by atoms with Gasteiger partial charge in [0.1, 0.15) is 0 Å². The molecule has 118 valence electrons. The summed E-state index contributed by atoms with van der Waals surface area (Å²) in [6.45, 7) is 4.20. The van der Waals surface area contributed by atoms with E-state index in [4.69, 9.17) is 10.2 Å². The summed E-state index contributed by atoms with van der Waals surface area (Å²) in [5, 5.41) is 2.71. The molecule has 0 unspecified atom stereocenters. The molecule has 0 radical (unpaired) electrons. The Hall–Kier alpha value is -3.16. The van der Waals surface area contributed by atoms with E-state index in [1.807, 2.05) is 11.5 Å². The average Bonchev–Trinajstić information content (AvgIpc) is 3.09. The van der Waals surface area contributed by atoms with E-state index in [2.05, 4.69) is 15.3 Å². The van der Waals surface area contributed by atoms with Crippen LogP contribution in [0.3, 0.4) is 0 Å². The third kappa shape index (κ3) is 2.54. The molecule has 2 aromatic heterocycles. The van der Waals surface area contributed by atoms with Crippen molar-refractivity contribution in [1.29, 1.82) is 0 Å². The van der Waals surface area contributed by atoms with Crippen molar-refractivity contribution in [3.05, 3.63) is 41.6 Å². The van der Waals surface area contributed by atoms with Gasteiger partial charge in [0, 0.05) is 12.1 Å². The third-order valence-electron chi connectivity index (χ3n) is 3.53. The summed E-state index contributed by atoms with van der Waals surface area (Å²) in [7, 11) is 0. The Labute approximate surface area is 131 Å². The second-order valence-corrected chi connectivity index (χ2v) is 4.97. The molecule has 3 rings (SSSR count). The first-order valence-electron chi connectivity index (χ1n) is 7.02. The Morgan fingerprint density at radius 2 is 2.17 bits per heavy atom. The van der Waals surface area contributed by atoms with Gasteiger partial charge in [-0.25, -0.2) is 9.97 Å². The molecule has 0 saturated heterocycles. The van der Waals surface area contributed by atoms with Crippen molar-refractivity contribution in [2.75, 3.05) is 5.32 Å². The molecule has 0 aliphatic carbocycles. The number of hydrogen-bond donors (Lipinski definition) is 2. The minimum atomic E-state index is -0.527. The molecule has 8 nitrogen and oxygen atoms in total. The van der Waals surface area contributed by atoms with Crippen LogP contribution >= 0.6 is 0 Å². The van der Waals surface area contributed by atoms with Crippen molar-refractivity contribution in [2.24, 2.45) is 5.73 Å². The lowest BCUT2D eigenvalue weighted by Gasteiger charge is -2.06. The number of nitrogens with one attached hydrogen (secondary N) is 1. The number of carbonyl (C=O) groups is 2. The zero-order chi connectivity index (χ0) is 16.6. The quantitative estimate of drug-likeness (QED) is 0.760. The molecule has 0 spiro atoms. The highest BCUT2D eigenvalue weighted by Crippen LogP contribution is 2.22. The van der Waals surface area contributed by atoms with Crippen LogP contribution in [-0.4, -0.2) is 26.3 Å². The maximum absolute atomic E-state index is 12.2. The number of primary amides is 1. The molecule has 2 heterocycles. The van der Waals surface area contributed by atoms with Crippen LogP contribution in [0.2, 0.25) is 0 Å². The minimum absolute atomic E-state index is 0.137. The number of hydrogen-bond acceptors (Lipinski definition) is 5. The number of aromatic nitrogens is 3. The molecule has 1 aromatic carbocycles. The number of fused-ring (bicyclic) bond motifs is 1. The van der Waals surface area contributed by atoms with Crippen molar-refractivity contribution in [1.82, 2.24) is 14.5 Å². The number of rotatable bonds is 4. The van der Waals surface area contributed by atoms with Gasteiger partial charge in [-0.3, -0.25) is 14.9 Å². The lowest BCUT2D eigenvalue weighted by atomic mass is 10.2. The van der Waals surface area contributed by atoms with Gasteiger partial charge in [-0.15, -0.1) is 0 Å². The maximum Gasteiger partial charge on any atom is 0.295 e. The molecule has 2 amide bonds. The van der Waals surface area contributed by atoms with Crippen molar-refractivity contribution in [2.45, 2.75) is 20.4 Å². The van der Waals surface area contributed by atoms with E-state index in [-0.39, 0.29) is 5.76 Å². The van der Waals surface area contributed by atoms with Gasteiger partial charge < -0.3 is 14.7 Å². The molecule has 23 heavy (non-hydrogen) atoms. The van der Waals surface area contributed by atoms with Gasteiger partial charge >= 0.3 is 0 Å². The first kappa shape index (κ1) is 14.8. The van der Waals surface area contributed by atoms with Gasteiger partial charge in [0.25, 0.3) is 5.91 Å². The fourth-order valence-corrected chi connectivity index (χ4v) is 2.38. The summed E-state index contributed by atoms with van der Waals surface area (Å²) in [5.74, 6) is -0.455. The Morgan fingerprint density at radius 3 is 2.78 bits per heavy atom. The van der Waals surface area contributed by atoms with E-state index in [0.717, 1.165) is 5.52 Å². The largest absolute Gasteiger partial charge is 0.438 e. The predicted molar refractivity (Wildman–Crippen MR) is 83.1 cm³/mol. The number of amides is 2. The number of anilines is 1. The van der Waals surface area contributed by atoms with E-state index >= 15 is 0 Å². The molecular formula is C15H15N5O3. The summed E-state index contributed by atoms with van der Waals surface area (Å²) >= 11 is 0. The molecule has 0 atom stereocenters. The van der Waals surface area contributed by atoms with E-state index < -0.39 is 11.8 Å². The fourth-order valence-electron chi connectivity index (χ4n) is 2.38. The number of benzene rings is 1. The number of oxazole rings is 1. The van der Waals surface area contributed by atoms with E-state index in [1.165, 1.54) is 6.39 Å². The second-order valence-electron chi connectivity index (χ2n) is 4.97. The lowest BCUT2D eigenvalue weighted by Crippen LogP contribution is -2.16. The Bertz CT molecular complexity index is 909. The molecule has 3 N–H and O–H groups in total. The highest BCUT2D eigenvalue weighted by Gasteiger charge is 2.18. The van der Waals surface area contributed by atoms with E-state index in [9.17, 15) is 9.59 Å². The molecule has 0 saturated carbocycles. The van der Waals surface area contributed by atoms with Crippen molar-refractivity contribution < 1.29 is 14.0 Å². The maximum atomic E-state index is 12.2. The van der Waals surface area contributed by atoms with Crippen LogP contribution in [0.5, 0.6) is 0 Å². The van der Waals surface area contributed by atoms with Crippen molar-refractivity contribution in [3.8, 4) is 0 Å².